The smallest absolute Gasteiger partial charge is 0.0281 e. The lowest BCUT2D eigenvalue weighted by Crippen LogP contribution is -2.62. The average Bonchev–Trinajstić information content (AvgIpc) is 3.33. The molecule has 0 spiro atoms. The molecule has 6 rings (SSSR count). The summed E-state index contributed by atoms with van der Waals surface area (Å²) >= 11 is 0. The van der Waals surface area contributed by atoms with E-state index in [0.29, 0.717) is 16.6 Å². The highest BCUT2D eigenvalue weighted by Crippen LogP contribution is 2.37. The van der Waals surface area contributed by atoms with E-state index in [0.717, 1.165) is 35.9 Å². The highest BCUT2D eigenvalue weighted by atomic mass is 15.4. The SMILES string of the molecule is CN1C[C@@H]2CN(C(C)(C)C)C[C@@H]21.CN1C[C@H]2CN(C(C)(C)C)C[C@H]21.CN1C[C@H]2CN(C(C)(C)C)[C@H]2C1. The van der Waals surface area contributed by atoms with Gasteiger partial charge in [-0.3, -0.25) is 14.7 Å². The van der Waals surface area contributed by atoms with Gasteiger partial charge in [-0.1, -0.05) is 0 Å². The molecule has 0 aromatic carbocycles. The summed E-state index contributed by atoms with van der Waals surface area (Å²) in [5.74, 6) is 2.90. The Morgan fingerprint density at radius 3 is 1.14 bits per heavy atom. The van der Waals surface area contributed by atoms with Crippen LogP contribution < -0.4 is 0 Å². The summed E-state index contributed by atoms with van der Waals surface area (Å²) in [4.78, 5) is 15.3. The molecule has 6 heterocycles. The van der Waals surface area contributed by atoms with Gasteiger partial charge in [-0.15, -0.1) is 0 Å². The summed E-state index contributed by atoms with van der Waals surface area (Å²) in [6.07, 6.45) is 0. The maximum atomic E-state index is 2.64. The number of fused-ring (bicyclic) bond motifs is 3. The Morgan fingerprint density at radius 2 is 0.833 bits per heavy atom. The third-order valence-electron chi connectivity index (χ3n) is 10.2. The summed E-state index contributed by atoms with van der Waals surface area (Å²) in [5, 5.41) is 0. The van der Waals surface area contributed by atoms with Crippen LogP contribution in [-0.2, 0) is 0 Å². The third-order valence-corrected chi connectivity index (χ3v) is 10.2. The van der Waals surface area contributed by atoms with E-state index in [4.69, 9.17) is 0 Å². The first kappa shape index (κ1) is 28.8. The molecule has 0 aliphatic carbocycles. The van der Waals surface area contributed by atoms with E-state index in [2.05, 4.69) is 113 Å². The first-order valence-corrected chi connectivity index (χ1v) is 14.8. The molecule has 6 fully saturated rings. The zero-order valence-corrected chi connectivity index (χ0v) is 26.0. The highest BCUT2D eigenvalue weighted by Gasteiger charge is 2.48. The molecule has 6 heteroatoms. The molecule has 0 unspecified atom stereocenters. The zero-order valence-electron chi connectivity index (χ0n) is 26.0. The van der Waals surface area contributed by atoms with Crippen molar-refractivity contribution in [3.05, 3.63) is 0 Å². The van der Waals surface area contributed by atoms with Crippen LogP contribution in [0.4, 0.5) is 0 Å². The molecule has 0 bridgehead atoms. The summed E-state index contributed by atoms with van der Waals surface area (Å²) in [7, 11) is 6.72. The van der Waals surface area contributed by atoms with Gasteiger partial charge in [-0.05, 0) is 83.5 Å². The second kappa shape index (κ2) is 10.1. The van der Waals surface area contributed by atoms with Gasteiger partial charge in [0, 0.05) is 111 Å². The summed E-state index contributed by atoms with van der Waals surface area (Å²) in [6, 6.07) is 2.59. The van der Waals surface area contributed by atoms with E-state index in [1.807, 2.05) is 0 Å². The summed E-state index contributed by atoms with van der Waals surface area (Å²) < 4.78 is 0. The molecule has 0 radical (unpaired) electrons. The maximum absolute atomic E-state index is 2.64. The number of hydrogen-bond donors (Lipinski definition) is 0. The van der Waals surface area contributed by atoms with Gasteiger partial charge in [0.05, 0.1) is 0 Å². The van der Waals surface area contributed by atoms with Gasteiger partial charge in [0.2, 0.25) is 0 Å². The Labute approximate surface area is 224 Å². The van der Waals surface area contributed by atoms with E-state index >= 15 is 0 Å². The van der Waals surface area contributed by atoms with E-state index in [1.54, 1.807) is 0 Å². The molecule has 210 valence electrons. The van der Waals surface area contributed by atoms with Crippen molar-refractivity contribution in [2.75, 3.05) is 80.0 Å². The number of hydrogen-bond acceptors (Lipinski definition) is 6. The molecule has 6 saturated heterocycles. The molecule has 0 N–H and O–H groups in total. The Balaban J connectivity index is 0.000000127. The van der Waals surface area contributed by atoms with E-state index in [1.165, 1.54) is 58.9 Å². The Kier molecular flexibility index (Phi) is 8.04. The van der Waals surface area contributed by atoms with Gasteiger partial charge in [-0.25, -0.2) is 0 Å². The average molecular weight is 505 g/mol. The zero-order chi connectivity index (χ0) is 26.8. The van der Waals surface area contributed by atoms with Crippen LogP contribution in [0.25, 0.3) is 0 Å². The van der Waals surface area contributed by atoms with Gasteiger partial charge in [0.25, 0.3) is 0 Å². The van der Waals surface area contributed by atoms with E-state index in [9.17, 15) is 0 Å². The van der Waals surface area contributed by atoms with Crippen molar-refractivity contribution in [1.29, 1.82) is 0 Å². The monoisotopic (exact) mass is 504 g/mol. The predicted octanol–water partition coefficient (Wildman–Crippen LogP) is 3.09. The lowest BCUT2D eigenvalue weighted by Gasteiger charge is -2.51. The van der Waals surface area contributed by atoms with Crippen LogP contribution in [0.5, 0.6) is 0 Å². The van der Waals surface area contributed by atoms with Gasteiger partial charge in [0.1, 0.15) is 0 Å². The molecule has 0 aromatic rings. The van der Waals surface area contributed by atoms with Crippen LogP contribution in [0.15, 0.2) is 0 Å². The van der Waals surface area contributed by atoms with Crippen LogP contribution in [0.2, 0.25) is 0 Å². The first-order valence-electron chi connectivity index (χ1n) is 14.8. The minimum absolute atomic E-state index is 0.373. The van der Waals surface area contributed by atoms with Crippen molar-refractivity contribution in [2.45, 2.75) is 97.1 Å². The molecule has 0 aromatic heterocycles. The molecular formula is C30H60N6. The van der Waals surface area contributed by atoms with Crippen molar-refractivity contribution in [3.8, 4) is 0 Å². The fraction of sp³-hybridized carbons (Fsp3) is 1.00. The van der Waals surface area contributed by atoms with Crippen molar-refractivity contribution >= 4 is 0 Å². The second-order valence-electron chi connectivity index (χ2n) is 16.1. The molecule has 0 amide bonds. The Bertz CT molecular complexity index is 689. The third kappa shape index (κ3) is 5.99. The topological polar surface area (TPSA) is 19.4 Å². The molecule has 6 nitrogen and oxygen atoms in total. The van der Waals surface area contributed by atoms with Crippen LogP contribution in [0.3, 0.4) is 0 Å². The first-order chi connectivity index (χ1) is 16.4. The van der Waals surface area contributed by atoms with E-state index < -0.39 is 0 Å². The number of likely N-dealkylation sites (tertiary alicyclic amines) is 6. The molecule has 6 aliphatic rings. The van der Waals surface area contributed by atoms with Gasteiger partial charge in [0.15, 0.2) is 0 Å². The quantitative estimate of drug-likeness (QED) is 0.501. The minimum atomic E-state index is 0.373. The summed E-state index contributed by atoms with van der Waals surface area (Å²) in [5.41, 5.74) is 1.13. The predicted molar refractivity (Wildman–Crippen MR) is 154 cm³/mol. The second-order valence-corrected chi connectivity index (χ2v) is 16.1. The van der Waals surface area contributed by atoms with Gasteiger partial charge in [-0.2, -0.15) is 0 Å². The molecular weight excluding hydrogens is 444 g/mol. The molecule has 36 heavy (non-hydrogen) atoms. The van der Waals surface area contributed by atoms with Crippen LogP contribution in [-0.4, -0.2) is 144 Å². The lowest BCUT2D eigenvalue weighted by molar-refractivity contribution is -0.0268. The minimum Gasteiger partial charge on any atom is -0.304 e. The largest absolute Gasteiger partial charge is 0.304 e. The van der Waals surface area contributed by atoms with Crippen molar-refractivity contribution in [1.82, 2.24) is 29.4 Å². The maximum Gasteiger partial charge on any atom is 0.0281 e. The Morgan fingerprint density at radius 1 is 0.417 bits per heavy atom. The number of nitrogens with zero attached hydrogens (tertiary/aromatic N) is 6. The van der Waals surface area contributed by atoms with E-state index in [-0.39, 0.29) is 0 Å². The number of likely N-dealkylation sites (N-methyl/N-ethyl adjacent to an activating group) is 3. The fourth-order valence-corrected chi connectivity index (χ4v) is 7.51. The Hall–Kier alpha value is -0.240. The molecule has 0 saturated carbocycles. The van der Waals surface area contributed by atoms with Gasteiger partial charge >= 0.3 is 0 Å². The van der Waals surface area contributed by atoms with Crippen LogP contribution >= 0.6 is 0 Å². The lowest BCUT2D eigenvalue weighted by atomic mass is 9.86. The molecule has 6 atom stereocenters. The highest BCUT2D eigenvalue weighted by molar-refractivity contribution is 5.04. The van der Waals surface area contributed by atoms with Gasteiger partial charge < -0.3 is 14.7 Å². The molecule has 6 aliphatic heterocycles. The van der Waals surface area contributed by atoms with Crippen molar-refractivity contribution < 1.29 is 0 Å². The normalized spacial score (nSPS) is 38.0. The summed E-state index contributed by atoms with van der Waals surface area (Å²) in [6.45, 7) is 32.6. The standard InChI is InChI=1S/3C10H20N2/c2*1-10(2,3)12-6-8-5-11(4)9(8)7-12;1-10(2,3)12-6-8-5-11(4)7-9(8)12/h3*8-9H,5-7H2,1-4H3/t2*8-,9+;8-,9-/m100/s1. The van der Waals surface area contributed by atoms with Crippen LogP contribution in [0.1, 0.15) is 62.3 Å². The fourth-order valence-electron chi connectivity index (χ4n) is 7.51. The van der Waals surface area contributed by atoms with Crippen molar-refractivity contribution in [3.63, 3.8) is 0 Å². The number of rotatable bonds is 0. The van der Waals surface area contributed by atoms with Crippen LogP contribution in [0, 0.1) is 17.8 Å². The van der Waals surface area contributed by atoms with Crippen molar-refractivity contribution in [2.24, 2.45) is 17.8 Å².